The van der Waals surface area contributed by atoms with Gasteiger partial charge in [-0.25, -0.2) is 4.79 Å². The highest BCUT2D eigenvalue weighted by molar-refractivity contribution is 6.31. The van der Waals surface area contributed by atoms with Crippen LogP contribution in [0.1, 0.15) is 23.6 Å². The molecular weight excluding hydrogens is 354 g/mol. The molecule has 2 aromatic carbocycles. The summed E-state index contributed by atoms with van der Waals surface area (Å²) in [5.41, 5.74) is 2.75. The molecule has 1 atom stereocenters. The monoisotopic (exact) mass is 375 g/mol. The van der Waals surface area contributed by atoms with Gasteiger partial charge in [-0.15, -0.1) is 0 Å². The largest absolute Gasteiger partial charge is 0.482 e. The zero-order valence-corrected chi connectivity index (χ0v) is 15.8. The lowest BCUT2D eigenvalue weighted by molar-refractivity contribution is -0.156. The van der Waals surface area contributed by atoms with Crippen LogP contribution < -0.4 is 10.1 Å². The highest BCUT2D eigenvalue weighted by atomic mass is 35.5. The number of benzene rings is 2. The minimum atomic E-state index is -0.924. The first kappa shape index (κ1) is 19.8. The Morgan fingerprint density at radius 3 is 2.62 bits per heavy atom. The van der Waals surface area contributed by atoms with Crippen LogP contribution in [0.25, 0.3) is 0 Å². The van der Waals surface area contributed by atoms with Crippen molar-refractivity contribution in [2.24, 2.45) is 0 Å². The predicted octanol–water partition coefficient (Wildman–Crippen LogP) is 3.58. The van der Waals surface area contributed by atoms with E-state index in [-0.39, 0.29) is 13.2 Å². The van der Waals surface area contributed by atoms with Crippen molar-refractivity contribution in [3.05, 3.63) is 64.2 Å². The van der Waals surface area contributed by atoms with Crippen LogP contribution in [0.5, 0.6) is 5.75 Å². The molecule has 0 aliphatic carbocycles. The van der Waals surface area contributed by atoms with Gasteiger partial charge in [-0.1, -0.05) is 41.9 Å². The Bertz CT molecular complexity index is 791. The highest BCUT2D eigenvalue weighted by Gasteiger charge is 2.18. The second-order valence-electron chi connectivity index (χ2n) is 6.00. The smallest absolute Gasteiger partial charge is 0.344 e. The molecule has 0 saturated heterocycles. The summed E-state index contributed by atoms with van der Waals surface area (Å²) in [4.78, 5) is 24.0. The summed E-state index contributed by atoms with van der Waals surface area (Å²) in [5.74, 6) is -0.380. The molecule has 0 radical (unpaired) electrons. The molecule has 6 heteroatoms. The fraction of sp³-hybridized carbons (Fsp3) is 0.300. The molecular formula is C20H22ClNO4. The number of ether oxygens (including phenoxy) is 2. The van der Waals surface area contributed by atoms with Gasteiger partial charge >= 0.3 is 5.97 Å². The molecule has 0 aliphatic heterocycles. The topological polar surface area (TPSA) is 64.6 Å². The van der Waals surface area contributed by atoms with Gasteiger partial charge in [0.1, 0.15) is 5.75 Å². The average Bonchev–Trinajstić information content (AvgIpc) is 2.61. The Hall–Kier alpha value is -2.53. The summed E-state index contributed by atoms with van der Waals surface area (Å²) in [6.07, 6.45) is -0.924. The number of rotatable bonds is 7. The van der Waals surface area contributed by atoms with Crippen molar-refractivity contribution in [3.63, 3.8) is 0 Å². The Morgan fingerprint density at radius 1 is 1.15 bits per heavy atom. The third-order valence-electron chi connectivity index (χ3n) is 3.78. The highest BCUT2D eigenvalue weighted by Crippen LogP contribution is 2.19. The van der Waals surface area contributed by atoms with Crippen LogP contribution in [0.3, 0.4) is 0 Å². The lowest BCUT2D eigenvalue weighted by Crippen LogP contribution is -2.36. The van der Waals surface area contributed by atoms with E-state index in [1.54, 1.807) is 6.07 Å². The number of hydrogen-bond acceptors (Lipinski definition) is 4. The predicted molar refractivity (Wildman–Crippen MR) is 100 cm³/mol. The van der Waals surface area contributed by atoms with Crippen molar-refractivity contribution < 1.29 is 19.1 Å². The summed E-state index contributed by atoms with van der Waals surface area (Å²) < 4.78 is 10.6. The molecule has 0 saturated carbocycles. The Morgan fingerprint density at radius 2 is 1.88 bits per heavy atom. The minimum absolute atomic E-state index is 0.258. The maximum absolute atomic E-state index is 12.1. The third kappa shape index (κ3) is 5.77. The molecule has 138 valence electrons. The SMILES string of the molecule is Cc1ccc(C)c(OCC(=O)OC(C)C(=O)NCc2ccccc2Cl)c1. The first-order valence-electron chi connectivity index (χ1n) is 8.27. The first-order chi connectivity index (χ1) is 12.4. The number of halogens is 1. The quantitative estimate of drug-likeness (QED) is 0.751. The van der Waals surface area contributed by atoms with E-state index in [1.807, 2.05) is 50.2 Å². The second kappa shape index (κ2) is 9.25. The fourth-order valence-electron chi connectivity index (χ4n) is 2.25. The van der Waals surface area contributed by atoms with Crippen LogP contribution >= 0.6 is 11.6 Å². The normalized spacial score (nSPS) is 11.5. The van der Waals surface area contributed by atoms with E-state index >= 15 is 0 Å². The molecule has 1 N–H and O–H groups in total. The van der Waals surface area contributed by atoms with Gasteiger partial charge in [0.2, 0.25) is 0 Å². The van der Waals surface area contributed by atoms with Crippen LogP contribution in [0, 0.1) is 13.8 Å². The molecule has 26 heavy (non-hydrogen) atoms. The number of hydrogen-bond donors (Lipinski definition) is 1. The van der Waals surface area contributed by atoms with Gasteiger partial charge < -0.3 is 14.8 Å². The van der Waals surface area contributed by atoms with Gasteiger partial charge in [-0.2, -0.15) is 0 Å². The average molecular weight is 376 g/mol. The molecule has 0 heterocycles. The van der Waals surface area contributed by atoms with Crippen molar-refractivity contribution in [1.82, 2.24) is 5.32 Å². The van der Waals surface area contributed by atoms with Crippen molar-refractivity contribution in [2.45, 2.75) is 33.4 Å². The van der Waals surface area contributed by atoms with Crippen molar-refractivity contribution in [3.8, 4) is 5.75 Å². The van der Waals surface area contributed by atoms with Crippen LogP contribution in [0.2, 0.25) is 5.02 Å². The third-order valence-corrected chi connectivity index (χ3v) is 4.15. The maximum Gasteiger partial charge on any atom is 0.344 e. The van der Waals surface area contributed by atoms with E-state index in [2.05, 4.69) is 5.32 Å². The Labute approximate surface area is 158 Å². The number of aryl methyl sites for hydroxylation is 2. The summed E-state index contributed by atoms with van der Waals surface area (Å²) in [6, 6.07) is 12.9. The molecule has 0 aliphatic rings. The van der Waals surface area contributed by atoms with Gasteiger partial charge in [0, 0.05) is 11.6 Å². The van der Waals surface area contributed by atoms with Gasteiger partial charge in [0.05, 0.1) is 0 Å². The fourth-order valence-corrected chi connectivity index (χ4v) is 2.45. The molecule has 0 spiro atoms. The van der Waals surface area contributed by atoms with Crippen LogP contribution in [-0.2, 0) is 20.9 Å². The van der Waals surface area contributed by atoms with Crippen molar-refractivity contribution >= 4 is 23.5 Å². The van der Waals surface area contributed by atoms with Crippen LogP contribution in [0.15, 0.2) is 42.5 Å². The molecule has 1 unspecified atom stereocenters. The molecule has 0 bridgehead atoms. The van der Waals surface area contributed by atoms with Crippen molar-refractivity contribution in [1.29, 1.82) is 0 Å². The summed E-state index contributed by atoms with van der Waals surface area (Å²) in [6.45, 7) is 5.35. The first-order valence-corrected chi connectivity index (χ1v) is 8.65. The van der Waals surface area contributed by atoms with Crippen molar-refractivity contribution in [2.75, 3.05) is 6.61 Å². The molecule has 0 fully saturated rings. The number of nitrogens with one attached hydrogen (secondary N) is 1. The molecule has 1 amide bonds. The lowest BCUT2D eigenvalue weighted by Gasteiger charge is -2.15. The van der Waals surface area contributed by atoms with E-state index < -0.39 is 18.0 Å². The molecule has 2 rings (SSSR count). The van der Waals surface area contributed by atoms with Crippen LogP contribution in [-0.4, -0.2) is 24.6 Å². The number of carbonyl (C=O) groups is 2. The molecule has 5 nitrogen and oxygen atoms in total. The second-order valence-corrected chi connectivity index (χ2v) is 6.41. The zero-order valence-electron chi connectivity index (χ0n) is 15.0. The zero-order chi connectivity index (χ0) is 19.1. The molecule has 2 aromatic rings. The number of esters is 1. The van der Waals surface area contributed by atoms with Gasteiger partial charge in [0.25, 0.3) is 5.91 Å². The van der Waals surface area contributed by atoms with Crippen LogP contribution in [0.4, 0.5) is 0 Å². The maximum atomic E-state index is 12.1. The lowest BCUT2D eigenvalue weighted by atomic mass is 10.1. The molecule has 0 aromatic heterocycles. The Kier molecular flexibility index (Phi) is 7.04. The van der Waals surface area contributed by atoms with E-state index in [9.17, 15) is 9.59 Å². The minimum Gasteiger partial charge on any atom is -0.482 e. The van der Waals surface area contributed by atoms with E-state index in [0.717, 1.165) is 16.7 Å². The van der Waals surface area contributed by atoms with E-state index in [4.69, 9.17) is 21.1 Å². The van der Waals surface area contributed by atoms with E-state index in [1.165, 1.54) is 6.92 Å². The van der Waals surface area contributed by atoms with E-state index in [0.29, 0.717) is 10.8 Å². The number of carbonyl (C=O) groups excluding carboxylic acids is 2. The Balaban J connectivity index is 1.79. The summed E-state index contributed by atoms with van der Waals surface area (Å²) >= 11 is 6.04. The van der Waals surface area contributed by atoms with Gasteiger partial charge in [-0.3, -0.25) is 4.79 Å². The summed E-state index contributed by atoms with van der Waals surface area (Å²) in [5, 5.41) is 3.26. The van der Waals surface area contributed by atoms with Gasteiger partial charge in [-0.05, 0) is 49.6 Å². The number of amides is 1. The summed E-state index contributed by atoms with van der Waals surface area (Å²) in [7, 11) is 0. The van der Waals surface area contributed by atoms with Gasteiger partial charge in [0.15, 0.2) is 12.7 Å². The standard InChI is InChI=1S/C20H22ClNO4/c1-13-8-9-14(2)18(10-13)25-12-19(23)26-15(3)20(24)22-11-16-6-4-5-7-17(16)21/h4-10,15H,11-12H2,1-3H3,(H,22,24).